The second kappa shape index (κ2) is 5.92. The van der Waals surface area contributed by atoms with Gasteiger partial charge in [-0.3, -0.25) is 4.79 Å². The minimum Gasteiger partial charge on any atom is -0.351 e. The lowest BCUT2D eigenvalue weighted by molar-refractivity contribution is -0.123. The maximum Gasteiger partial charge on any atom is 0.237 e. The zero-order valence-corrected chi connectivity index (χ0v) is 10.8. The van der Waals surface area contributed by atoms with E-state index in [0.29, 0.717) is 11.3 Å². The summed E-state index contributed by atoms with van der Waals surface area (Å²) in [6.07, 6.45) is 5.83. The summed E-state index contributed by atoms with van der Waals surface area (Å²) >= 11 is 2.00. The van der Waals surface area contributed by atoms with Gasteiger partial charge in [0.25, 0.3) is 0 Å². The molecule has 0 aromatic carbocycles. The van der Waals surface area contributed by atoms with Crippen LogP contribution < -0.4 is 10.6 Å². The van der Waals surface area contributed by atoms with Crippen LogP contribution in [0.25, 0.3) is 0 Å². The van der Waals surface area contributed by atoms with Crippen LogP contribution in [0.15, 0.2) is 0 Å². The predicted octanol–water partition coefficient (Wildman–Crippen LogP) is 1.53. The molecule has 1 heterocycles. The molecule has 2 unspecified atom stereocenters. The summed E-state index contributed by atoms with van der Waals surface area (Å²) in [5.41, 5.74) is 0. The van der Waals surface area contributed by atoms with Gasteiger partial charge in [-0.15, -0.1) is 0 Å². The molecule has 2 N–H and O–H groups in total. The molecular formula is C12H22N2OS. The smallest absolute Gasteiger partial charge is 0.237 e. The van der Waals surface area contributed by atoms with Gasteiger partial charge in [0, 0.05) is 11.3 Å². The highest BCUT2D eigenvalue weighted by Crippen LogP contribution is 2.30. The molecule has 3 atom stereocenters. The third-order valence-corrected chi connectivity index (χ3v) is 4.86. The van der Waals surface area contributed by atoms with Crippen LogP contribution in [0.3, 0.4) is 0 Å². The number of hydrogen-bond donors (Lipinski definition) is 2. The molecule has 3 nitrogen and oxygen atoms in total. The van der Waals surface area contributed by atoms with E-state index in [4.69, 9.17) is 0 Å². The maximum atomic E-state index is 12.0. The van der Waals surface area contributed by atoms with Crippen LogP contribution in [0.5, 0.6) is 0 Å². The number of carbonyl (C=O) groups is 1. The van der Waals surface area contributed by atoms with Crippen LogP contribution in [0.4, 0.5) is 0 Å². The van der Waals surface area contributed by atoms with Gasteiger partial charge in [0.15, 0.2) is 0 Å². The monoisotopic (exact) mass is 242 g/mol. The SMILES string of the molecule is CCSC1CCCC1NC(=O)[C@H]1CCCN1. The van der Waals surface area contributed by atoms with Crippen molar-refractivity contribution in [3.63, 3.8) is 0 Å². The molecule has 1 aliphatic carbocycles. The summed E-state index contributed by atoms with van der Waals surface area (Å²) in [6, 6.07) is 0.493. The number of thioether (sulfide) groups is 1. The van der Waals surface area contributed by atoms with Crippen LogP contribution in [0, 0.1) is 0 Å². The highest BCUT2D eigenvalue weighted by Gasteiger charge is 2.31. The Morgan fingerprint density at radius 2 is 2.25 bits per heavy atom. The fourth-order valence-corrected chi connectivity index (χ4v) is 3.89. The van der Waals surface area contributed by atoms with Crippen molar-refractivity contribution < 1.29 is 4.79 Å². The van der Waals surface area contributed by atoms with Crippen LogP contribution in [0.1, 0.15) is 39.0 Å². The number of rotatable bonds is 4. The lowest BCUT2D eigenvalue weighted by Crippen LogP contribution is -2.47. The third-order valence-electron chi connectivity index (χ3n) is 3.54. The molecule has 0 radical (unpaired) electrons. The first-order valence-corrected chi connectivity index (χ1v) is 7.51. The van der Waals surface area contributed by atoms with Crippen molar-refractivity contribution in [2.75, 3.05) is 12.3 Å². The number of hydrogen-bond acceptors (Lipinski definition) is 3. The van der Waals surface area contributed by atoms with Gasteiger partial charge < -0.3 is 10.6 Å². The summed E-state index contributed by atoms with van der Waals surface area (Å²) in [6.45, 7) is 3.19. The molecule has 92 valence electrons. The van der Waals surface area contributed by atoms with E-state index in [0.717, 1.165) is 31.6 Å². The molecular weight excluding hydrogens is 220 g/mol. The van der Waals surface area contributed by atoms with Crippen LogP contribution in [0.2, 0.25) is 0 Å². The third kappa shape index (κ3) is 2.92. The Kier molecular flexibility index (Phi) is 4.53. The first-order chi connectivity index (χ1) is 7.81. The molecule has 0 aromatic heterocycles. The average Bonchev–Trinajstić information content (AvgIpc) is 2.90. The highest BCUT2D eigenvalue weighted by atomic mass is 32.2. The maximum absolute atomic E-state index is 12.0. The summed E-state index contributed by atoms with van der Waals surface area (Å²) < 4.78 is 0. The summed E-state index contributed by atoms with van der Waals surface area (Å²) in [4.78, 5) is 12.0. The fraction of sp³-hybridized carbons (Fsp3) is 0.917. The van der Waals surface area contributed by atoms with Crippen LogP contribution in [-0.4, -0.2) is 35.5 Å². The molecule has 1 aliphatic heterocycles. The van der Waals surface area contributed by atoms with Gasteiger partial charge in [-0.2, -0.15) is 11.8 Å². The van der Waals surface area contributed by atoms with Crippen molar-refractivity contribution in [2.24, 2.45) is 0 Å². The van der Waals surface area contributed by atoms with E-state index in [1.807, 2.05) is 11.8 Å². The zero-order chi connectivity index (χ0) is 11.4. The second-order valence-electron chi connectivity index (χ2n) is 4.69. The van der Waals surface area contributed by atoms with E-state index in [1.165, 1.54) is 12.8 Å². The molecule has 2 rings (SSSR count). The zero-order valence-electron chi connectivity index (χ0n) is 10.00. The molecule has 2 fully saturated rings. The van der Waals surface area contributed by atoms with E-state index in [-0.39, 0.29) is 11.9 Å². The van der Waals surface area contributed by atoms with Crippen molar-refractivity contribution in [3.05, 3.63) is 0 Å². The Labute approximate surface area is 102 Å². The Bertz CT molecular complexity index is 241. The first-order valence-electron chi connectivity index (χ1n) is 6.46. The van der Waals surface area contributed by atoms with Gasteiger partial charge in [-0.1, -0.05) is 13.3 Å². The van der Waals surface area contributed by atoms with E-state index in [1.54, 1.807) is 0 Å². The van der Waals surface area contributed by atoms with Crippen LogP contribution >= 0.6 is 11.8 Å². The first kappa shape index (κ1) is 12.2. The molecule has 1 saturated heterocycles. The Balaban J connectivity index is 1.81. The summed E-state index contributed by atoms with van der Waals surface area (Å²) in [7, 11) is 0. The molecule has 2 aliphatic rings. The number of nitrogens with one attached hydrogen (secondary N) is 2. The van der Waals surface area contributed by atoms with Crippen molar-refractivity contribution in [1.82, 2.24) is 10.6 Å². The number of amides is 1. The molecule has 0 spiro atoms. The standard InChI is InChI=1S/C12H22N2OS/c1-2-16-11-7-3-5-9(11)14-12(15)10-6-4-8-13-10/h9-11,13H,2-8H2,1H3,(H,14,15)/t9?,10-,11?/m1/s1. The molecule has 4 heteroatoms. The lowest BCUT2D eigenvalue weighted by Gasteiger charge is -2.22. The van der Waals surface area contributed by atoms with E-state index < -0.39 is 0 Å². The van der Waals surface area contributed by atoms with Gasteiger partial charge in [0.05, 0.1) is 6.04 Å². The average molecular weight is 242 g/mol. The van der Waals surface area contributed by atoms with Gasteiger partial charge in [-0.25, -0.2) is 0 Å². The van der Waals surface area contributed by atoms with E-state index in [2.05, 4.69) is 17.6 Å². The van der Waals surface area contributed by atoms with E-state index in [9.17, 15) is 4.79 Å². The fourth-order valence-electron chi connectivity index (χ4n) is 2.70. The van der Waals surface area contributed by atoms with Gasteiger partial charge in [0.2, 0.25) is 5.91 Å². The molecule has 1 amide bonds. The molecule has 0 aromatic rings. The van der Waals surface area contributed by atoms with Crippen molar-refractivity contribution >= 4 is 17.7 Å². The summed E-state index contributed by atoms with van der Waals surface area (Å²) in [5.74, 6) is 1.38. The predicted molar refractivity (Wildman–Crippen MR) is 68.7 cm³/mol. The largest absolute Gasteiger partial charge is 0.351 e. The molecule has 0 bridgehead atoms. The minimum atomic E-state index is 0.0767. The van der Waals surface area contributed by atoms with E-state index >= 15 is 0 Å². The molecule has 1 saturated carbocycles. The normalized spacial score (nSPS) is 34.2. The van der Waals surface area contributed by atoms with Gasteiger partial charge >= 0.3 is 0 Å². The van der Waals surface area contributed by atoms with Crippen LogP contribution in [-0.2, 0) is 4.79 Å². The van der Waals surface area contributed by atoms with Crippen molar-refractivity contribution in [3.8, 4) is 0 Å². The second-order valence-corrected chi connectivity index (χ2v) is 6.20. The lowest BCUT2D eigenvalue weighted by atomic mass is 10.2. The summed E-state index contributed by atoms with van der Waals surface area (Å²) in [5, 5.41) is 7.14. The minimum absolute atomic E-state index is 0.0767. The number of carbonyl (C=O) groups excluding carboxylic acids is 1. The Morgan fingerprint density at radius 1 is 1.38 bits per heavy atom. The Hall–Kier alpha value is -0.220. The van der Waals surface area contributed by atoms with Gasteiger partial charge in [0.1, 0.15) is 0 Å². The Morgan fingerprint density at radius 3 is 2.94 bits per heavy atom. The molecule has 16 heavy (non-hydrogen) atoms. The van der Waals surface area contributed by atoms with Gasteiger partial charge in [-0.05, 0) is 38.0 Å². The topological polar surface area (TPSA) is 41.1 Å². The quantitative estimate of drug-likeness (QED) is 0.785. The highest BCUT2D eigenvalue weighted by molar-refractivity contribution is 7.99. The van der Waals surface area contributed by atoms with Crippen molar-refractivity contribution in [2.45, 2.75) is 56.4 Å². The van der Waals surface area contributed by atoms with Crippen molar-refractivity contribution in [1.29, 1.82) is 0 Å².